The van der Waals surface area contributed by atoms with Gasteiger partial charge in [0, 0.05) is 18.4 Å². The van der Waals surface area contributed by atoms with Crippen LogP contribution in [0.2, 0.25) is 0 Å². The second-order valence-electron chi connectivity index (χ2n) is 5.01. The normalized spacial score (nSPS) is 10.7. The number of nitrogens with zero attached hydrogens (tertiary/aromatic N) is 3. The SMILES string of the molecule is COc1cccc(CSc2nnc(-c3ccc(F)cc3)n2C)c1. The van der Waals surface area contributed by atoms with Gasteiger partial charge in [0.25, 0.3) is 0 Å². The smallest absolute Gasteiger partial charge is 0.191 e. The minimum absolute atomic E-state index is 0.261. The van der Waals surface area contributed by atoms with Crippen LogP contribution in [0.3, 0.4) is 0 Å². The third kappa shape index (κ3) is 3.53. The third-order valence-electron chi connectivity index (χ3n) is 3.44. The summed E-state index contributed by atoms with van der Waals surface area (Å²) >= 11 is 1.60. The molecule has 0 N–H and O–H groups in total. The van der Waals surface area contributed by atoms with Gasteiger partial charge in [0.1, 0.15) is 11.6 Å². The molecule has 0 radical (unpaired) electrons. The Hall–Kier alpha value is -2.34. The van der Waals surface area contributed by atoms with Crippen LogP contribution in [-0.2, 0) is 12.8 Å². The van der Waals surface area contributed by atoms with Crippen molar-refractivity contribution >= 4 is 11.8 Å². The van der Waals surface area contributed by atoms with Crippen LogP contribution in [0.5, 0.6) is 5.75 Å². The van der Waals surface area contributed by atoms with Crippen molar-refractivity contribution < 1.29 is 9.13 Å². The van der Waals surface area contributed by atoms with Gasteiger partial charge < -0.3 is 9.30 Å². The van der Waals surface area contributed by atoms with E-state index < -0.39 is 0 Å². The van der Waals surface area contributed by atoms with E-state index in [0.717, 1.165) is 33.6 Å². The molecule has 0 saturated heterocycles. The van der Waals surface area contributed by atoms with Crippen LogP contribution in [-0.4, -0.2) is 21.9 Å². The van der Waals surface area contributed by atoms with Crippen LogP contribution in [0.4, 0.5) is 4.39 Å². The number of aromatic nitrogens is 3. The zero-order chi connectivity index (χ0) is 16.2. The quantitative estimate of drug-likeness (QED) is 0.665. The van der Waals surface area contributed by atoms with E-state index in [1.54, 1.807) is 31.0 Å². The zero-order valence-corrected chi connectivity index (χ0v) is 13.7. The van der Waals surface area contributed by atoms with Crippen LogP contribution >= 0.6 is 11.8 Å². The van der Waals surface area contributed by atoms with Crippen LogP contribution in [0, 0.1) is 5.82 Å². The van der Waals surface area contributed by atoms with Gasteiger partial charge in [0.05, 0.1) is 7.11 Å². The Kier molecular flexibility index (Phi) is 4.62. The van der Waals surface area contributed by atoms with Gasteiger partial charge in [-0.05, 0) is 42.0 Å². The number of benzene rings is 2. The Balaban J connectivity index is 1.75. The van der Waals surface area contributed by atoms with E-state index in [1.807, 2.05) is 35.9 Å². The van der Waals surface area contributed by atoms with Gasteiger partial charge in [0.15, 0.2) is 11.0 Å². The maximum Gasteiger partial charge on any atom is 0.191 e. The molecule has 0 bridgehead atoms. The summed E-state index contributed by atoms with van der Waals surface area (Å²) < 4.78 is 20.2. The number of hydrogen-bond donors (Lipinski definition) is 0. The number of hydrogen-bond acceptors (Lipinski definition) is 4. The molecule has 118 valence electrons. The molecule has 1 aromatic heterocycles. The van der Waals surface area contributed by atoms with Crippen molar-refractivity contribution in [2.24, 2.45) is 7.05 Å². The van der Waals surface area contributed by atoms with E-state index in [1.165, 1.54) is 12.1 Å². The maximum atomic E-state index is 13.0. The highest BCUT2D eigenvalue weighted by Crippen LogP contribution is 2.26. The Morgan fingerprint density at radius 3 is 2.65 bits per heavy atom. The molecule has 0 fully saturated rings. The molecule has 4 nitrogen and oxygen atoms in total. The van der Waals surface area contributed by atoms with Gasteiger partial charge in [-0.15, -0.1) is 10.2 Å². The number of halogens is 1. The lowest BCUT2D eigenvalue weighted by molar-refractivity contribution is 0.414. The van der Waals surface area contributed by atoms with Crippen LogP contribution in [0.25, 0.3) is 11.4 Å². The van der Waals surface area contributed by atoms with Gasteiger partial charge in [-0.3, -0.25) is 0 Å². The van der Waals surface area contributed by atoms with E-state index >= 15 is 0 Å². The number of ether oxygens (including phenoxy) is 1. The van der Waals surface area contributed by atoms with Crippen molar-refractivity contribution in [3.63, 3.8) is 0 Å². The van der Waals surface area contributed by atoms with E-state index in [9.17, 15) is 4.39 Å². The molecule has 0 aliphatic rings. The lowest BCUT2D eigenvalue weighted by atomic mass is 10.2. The molecule has 0 unspecified atom stereocenters. The summed E-state index contributed by atoms with van der Waals surface area (Å²) in [7, 11) is 3.57. The average molecular weight is 329 g/mol. The standard InChI is InChI=1S/C17H16FN3OS/c1-21-16(13-6-8-14(18)9-7-13)19-20-17(21)23-11-12-4-3-5-15(10-12)22-2/h3-10H,11H2,1-2H3. The molecule has 0 saturated carbocycles. The van der Waals surface area contributed by atoms with Crippen molar-refractivity contribution in [3.05, 3.63) is 59.9 Å². The molecule has 0 atom stereocenters. The lowest BCUT2D eigenvalue weighted by Gasteiger charge is -2.05. The topological polar surface area (TPSA) is 39.9 Å². The molecule has 23 heavy (non-hydrogen) atoms. The molecule has 0 aliphatic heterocycles. The molecule has 6 heteroatoms. The predicted molar refractivity (Wildman–Crippen MR) is 89.0 cm³/mol. The monoisotopic (exact) mass is 329 g/mol. The fraction of sp³-hybridized carbons (Fsp3) is 0.176. The van der Waals surface area contributed by atoms with E-state index in [-0.39, 0.29) is 5.82 Å². The second-order valence-corrected chi connectivity index (χ2v) is 5.95. The van der Waals surface area contributed by atoms with Crippen LogP contribution in [0.1, 0.15) is 5.56 Å². The fourth-order valence-electron chi connectivity index (χ4n) is 2.20. The zero-order valence-electron chi connectivity index (χ0n) is 12.9. The highest BCUT2D eigenvalue weighted by Gasteiger charge is 2.11. The average Bonchev–Trinajstić information content (AvgIpc) is 2.95. The van der Waals surface area contributed by atoms with E-state index in [4.69, 9.17) is 4.74 Å². The summed E-state index contributed by atoms with van der Waals surface area (Å²) in [5, 5.41) is 9.24. The first-order valence-corrected chi connectivity index (χ1v) is 8.07. The summed E-state index contributed by atoms with van der Waals surface area (Å²) in [6, 6.07) is 14.2. The summed E-state index contributed by atoms with van der Waals surface area (Å²) in [5.74, 6) is 2.07. The first kappa shape index (κ1) is 15.6. The molecule has 2 aromatic carbocycles. The van der Waals surface area contributed by atoms with E-state index in [2.05, 4.69) is 10.2 Å². The Labute approximate surface area is 138 Å². The summed E-state index contributed by atoms with van der Waals surface area (Å²) in [6.45, 7) is 0. The van der Waals surface area contributed by atoms with Crippen molar-refractivity contribution in [2.75, 3.05) is 7.11 Å². The molecular formula is C17H16FN3OS. The highest BCUT2D eigenvalue weighted by atomic mass is 32.2. The maximum absolute atomic E-state index is 13.0. The highest BCUT2D eigenvalue weighted by molar-refractivity contribution is 7.98. The molecule has 1 heterocycles. The van der Waals surface area contributed by atoms with E-state index in [0.29, 0.717) is 0 Å². The molecule has 3 rings (SSSR count). The van der Waals surface area contributed by atoms with Crippen molar-refractivity contribution in [2.45, 2.75) is 10.9 Å². The van der Waals surface area contributed by atoms with Crippen molar-refractivity contribution in [3.8, 4) is 17.1 Å². The number of methoxy groups -OCH3 is 1. The Bertz CT molecular complexity index is 802. The Morgan fingerprint density at radius 1 is 1.13 bits per heavy atom. The van der Waals surface area contributed by atoms with Crippen molar-refractivity contribution in [1.82, 2.24) is 14.8 Å². The molecule has 0 spiro atoms. The Morgan fingerprint density at radius 2 is 1.91 bits per heavy atom. The van der Waals surface area contributed by atoms with Gasteiger partial charge in [-0.1, -0.05) is 23.9 Å². The van der Waals surface area contributed by atoms with Crippen LogP contribution in [0.15, 0.2) is 53.7 Å². The minimum Gasteiger partial charge on any atom is -0.497 e. The first-order chi connectivity index (χ1) is 11.2. The molecule has 0 aliphatic carbocycles. The second kappa shape index (κ2) is 6.83. The number of rotatable bonds is 5. The molecule has 0 amide bonds. The van der Waals surface area contributed by atoms with Gasteiger partial charge >= 0.3 is 0 Å². The summed E-state index contributed by atoms with van der Waals surface area (Å²) in [4.78, 5) is 0. The largest absolute Gasteiger partial charge is 0.497 e. The first-order valence-electron chi connectivity index (χ1n) is 7.08. The minimum atomic E-state index is -0.261. The lowest BCUT2D eigenvalue weighted by Crippen LogP contribution is -1.95. The van der Waals surface area contributed by atoms with Gasteiger partial charge in [0.2, 0.25) is 0 Å². The summed E-state index contributed by atoms with van der Waals surface area (Å²) in [6.07, 6.45) is 0. The molecule has 3 aromatic rings. The van der Waals surface area contributed by atoms with Crippen molar-refractivity contribution in [1.29, 1.82) is 0 Å². The fourth-order valence-corrected chi connectivity index (χ4v) is 3.06. The van der Waals surface area contributed by atoms with Crippen LogP contribution < -0.4 is 4.74 Å². The summed E-state index contributed by atoms with van der Waals surface area (Å²) in [5.41, 5.74) is 2.00. The van der Waals surface area contributed by atoms with Gasteiger partial charge in [-0.25, -0.2) is 4.39 Å². The number of thioether (sulfide) groups is 1. The van der Waals surface area contributed by atoms with Gasteiger partial charge in [-0.2, -0.15) is 0 Å². The predicted octanol–water partition coefficient (Wildman–Crippen LogP) is 3.92. The third-order valence-corrected chi connectivity index (χ3v) is 4.53. The molecular weight excluding hydrogens is 313 g/mol.